The highest BCUT2D eigenvalue weighted by molar-refractivity contribution is 7.19. The Morgan fingerprint density at radius 1 is 1.27 bits per heavy atom. The van der Waals surface area contributed by atoms with Gasteiger partial charge >= 0.3 is 0 Å². The molecule has 0 N–H and O–H groups in total. The van der Waals surface area contributed by atoms with E-state index in [1.165, 1.54) is 16.9 Å². The maximum absolute atomic E-state index is 6.26. The van der Waals surface area contributed by atoms with E-state index in [1.54, 1.807) is 19.3 Å². The first-order valence-corrected chi connectivity index (χ1v) is 12.2. The van der Waals surface area contributed by atoms with Crippen LogP contribution in [-0.2, 0) is 6.42 Å². The molecule has 4 rings (SSSR count). The fourth-order valence-corrected chi connectivity index (χ4v) is 4.81. The van der Waals surface area contributed by atoms with Crippen LogP contribution in [0, 0.1) is 5.92 Å². The van der Waals surface area contributed by atoms with Gasteiger partial charge < -0.3 is 9.64 Å². The van der Waals surface area contributed by atoms with Gasteiger partial charge in [-0.1, -0.05) is 30.9 Å². The highest BCUT2D eigenvalue weighted by Gasteiger charge is 2.27. The lowest BCUT2D eigenvalue weighted by Gasteiger charge is -2.34. The summed E-state index contributed by atoms with van der Waals surface area (Å²) in [6.45, 7) is 10.0. The van der Waals surface area contributed by atoms with Crippen LogP contribution in [0.2, 0.25) is 0 Å². The monoisotopic (exact) mass is 462 g/mol. The largest absolute Gasteiger partial charge is 0.467 e. The molecule has 0 aliphatic carbocycles. The third kappa shape index (κ3) is 5.45. The quantitative estimate of drug-likeness (QED) is 0.346. The summed E-state index contributed by atoms with van der Waals surface area (Å²) in [6.07, 6.45) is 12.4. The molecule has 1 atom stereocenters. The average molecular weight is 463 g/mol. The van der Waals surface area contributed by atoms with E-state index in [0.717, 1.165) is 59.9 Å². The number of piperidine rings is 1. The van der Waals surface area contributed by atoms with Gasteiger partial charge in [-0.2, -0.15) is 0 Å². The third-order valence-corrected chi connectivity index (χ3v) is 6.88. The topological polar surface area (TPSA) is 76.4 Å². The van der Waals surface area contributed by atoms with Crippen molar-refractivity contribution in [2.75, 3.05) is 25.0 Å². The van der Waals surface area contributed by atoms with Gasteiger partial charge in [0.2, 0.25) is 5.95 Å². The van der Waals surface area contributed by atoms with E-state index in [-0.39, 0.29) is 6.10 Å². The summed E-state index contributed by atoms with van der Waals surface area (Å²) in [5.74, 6) is 1.29. The van der Waals surface area contributed by atoms with Crippen molar-refractivity contribution in [2.45, 2.75) is 39.2 Å². The molecule has 7 nitrogen and oxygen atoms in total. The first-order chi connectivity index (χ1) is 16.1. The Morgan fingerprint density at radius 3 is 2.70 bits per heavy atom. The second kappa shape index (κ2) is 10.7. The Kier molecular flexibility index (Phi) is 7.44. The minimum Gasteiger partial charge on any atom is -0.467 e. The predicted octanol–water partition coefficient (Wildman–Crippen LogP) is 5.00. The van der Waals surface area contributed by atoms with Crippen LogP contribution in [0.4, 0.5) is 5.95 Å². The molecule has 1 unspecified atom stereocenters. The molecule has 3 aromatic heterocycles. The van der Waals surface area contributed by atoms with Crippen LogP contribution in [0.25, 0.3) is 15.9 Å². The zero-order valence-electron chi connectivity index (χ0n) is 19.4. The summed E-state index contributed by atoms with van der Waals surface area (Å²) in [5, 5.41) is 0.669. The zero-order valence-corrected chi connectivity index (χ0v) is 20.3. The standard InChI is InChI=1S/C25H30N6OS/c1-5-18-15-27-24(28-16-18)31-13-10-20(11-14-31)17(3)32-25-30-22-8-7-21(29-23(22)33-25)19(6-2)9-12-26-4/h6-9,12,15-17,20H,2,5,10-11,13-14H2,1,3-4H3/b19-9+,26-12?. The van der Waals surface area contributed by atoms with Gasteiger partial charge in [-0.25, -0.2) is 19.9 Å². The lowest BCUT2D eigenvalue weighted by Crippen LogP contribution is -2.39. The van der Waals surface area contributed by atoms with Gasteiger partial charge in [0, 0.05) is 44.3 Å². The van der Waals surface area contributed by atoms with Crippen LogP contribution in [-0.4, -0.2) is 52.4 Å². The third-order valence-electron chi connectivity index (χ3n) is 6.03. The van der Waals surface area contributed by atoms with E-state index in [2.05, 4.69) is 45.3 Å². The van der Waals surface area contributed by atoms with Crippen molar-refractivity contribution in [1.29, 1.82) is 0 Å². The molecular weight excluding hydrogens is 432 g/mol. The van der Waals surface area contributed by atoms with E-state index in [1.807, 2.05) is 30.6 Å². The summed E-state index contributed by atoms with van der Waals surface area (Å²) in [7, 11) is 1.74. The summed E-state index contributed by atoms with van der Waals surface area (Å²) >= 11 is 1.49. The lowest BCUT2D eigenvalue weighted by molar-refractivity contribution is 0.132. The predicted molar refractivity (Wildman–Crippen MR) is 136 cm³/mol. The van der Waals surface area contributed by atoms with Gasteiger partial charge in [0.05, 0.1) is 5.69 Å². The molecule has 4 heterocycles. The first-order valence-electron chi connectivity index (χ1n) is 11.4. The van der Waals surface area contributed by atoms with Crippen LogP contribution in [0.1, 0.15) is 37.9 Å². The molecule has 1 fully saturated rings. The van der Waals surface area contributed by atoms with Crippen molar-refractivity contribution in [1.82, 2.24) is 19.9 Å². The highest BCUT2D eigenvalue weighted by atomic mass is 32.1. The number of aromatic nitrogens is 4. The fourth-order valence-electron chi connectivity index (χ4n) is 3.94. The van der Waals surface area contributed by atoms with Crippen molar-refractivity contribution in [3.8, 4) is 5.19 Å². The minimum atomic E-state index is 0.0833. The zero-order chi connectivity index (χ0) is 23.2. The molecule has 3 aromatic rings. The second-order valence-corrected chi connectivity index (χ2v) is 9.07. The van der Waals surface area contributed by atoms with E-state index < -0.39 is 0 Å². The average Bonchev–Trinajstić information content (AvgIpc) is 3.26. The second-order valence-electron chi connectivity index (χ2n) is 8.13. The molecule has 0 amide bonds. The molecule has 0 spiro atoms. The number of allylic oxidation sites excluding steroid dienone is 3. The van der Waals surface area contributed by atoms with Gasteiger partial charge in [-0.15, -0.1) is 0 Å². The number of pyridine rings is 1. The number of hydrogen-bond donors (Lipinski definition) is 0. The molecule has 1 aliphatic heterocycles. The Labute approximate surface area is 199 Å². The Hall–Kier alpha value is -3.13. The Balaban J connectivity index is 1.38. The molecule has 0 aromatic carbocycles. The molecule has 172 valence electrons. The highest BCUT2D eigenvalue weighted by Crippen LogP contribution is 2.31. The molecule has 0 bridgehead atoms. The number of anilines is 1. The van der Waals surface area contributed by atoms with Gasteiger partial charge in [-0.05, 0) is 55.9 Å². The van der Waals surface area contributed by atoms with Crippen molar-refractivity contribution in [2.24, 2.45) is 10.9 Å². The summed E-state index contributed by atoms with van der Waals surface area (Å²) in [5.41, 5.74) is 3.79. The maximum Gasteiger partial charge on any atom is 0.276 e. The van der Waals surface area contributed by atoms with Gasteiger partial charge in [0.25, 0.3) is 5.19 Å². The number of rotatable bonds is 8. The normalized spacial score (nSPS) is 16.5. The summed E-state index contributed by atoms with van der Waals surface area (Å²) in [6, 6.07) is 3.94. The lowest BCUT2D eigenvalue weighted by atomic mass is 9.92. The van der Waals surface area contributed by atoms with Gasteiger partial charge in [0.1, 0.15) is 16.5 Å². The number of aliphatic imine (C=N–C) groups is 1. The van der Waals surface area contributed by atoms with Crippen LogP contribution in [0.3, 0.4) is 0 Å². The van der Waals surface area contributed by atoms with Crippen molar-refractivity contribution in [3.05, 3.63) is 54.5 Å². The number of aryl methyl sites for hydroxylation is 1. The maximum atomic E-state index is 6.26. The van der Waals surface area contributed by atoms with Gasteiger partial charge in [0.15, 0.2) is 0 Å². The number of thiazole rings is 1. The first kappa shape index (κ1) is 23.0. The molecule has 1 aliphatic rings. The molecular formula is C25H30N6OS. The van der Waals surface area contributed by atoms with Crippen LogP contribution in [0.5, 0.6) is 5.19 Å². The van der Waals surface area contributed by atoms with Crippen molar-refractivity contribution < 1.29 is 4.74 Å². The van der Waals surface area contributed by atoms with Crippen molar-refractivity contribution in [3.63, 3.8) is 0 Å². The summed E-state index contributed by atoms with van der Waals surface area (Å²) < 4.78 is 6.26. The van der Waals surface area contributed by atoms with Gasteiger partial charge in [-0.3, -0.25) is 4.99 Å². The number of ether oxygens (including phenoxy) is 1. The number of hydrogen-bond acceptors (Lipinski definition) is 8. The van der Waals surface area contributed by atoms with E-state index in [0.29, 0.717) is 11.1 Å². The van der Waals surface area contributed by atoms with Crippen LogP contribution in [0.15, 0.2) is 48.2 Å². The molecule has 33 heavy (non-hydrogen) atoms. The van der Waals surface area contributed by atoms with Crippen molar-refractivity contribution >= 4 is 39.4 Å². The molecule has 0 radical (unpaired) electrons. The summed E-state index contributed by atoms with van der Waals surface area (Å²) in [4.78, 5) is 25.6. The smallest absolute Gasteiger partial charge is 0.276 e. The van der Waals surface area contributed by atoms with Crippen LogP contribution < -0.4 is 9.64 Å². The number of nitrogens with zero attached hydrogens (tertiary/aromatic N) is 6. The SMILES string of the molecule is C=C/C(=C\C=NC)c1ccc2nc(OC(C)C3CCN(c4ncc(CC)cn4)CC3)sc2n1. The van der Waals surface area contributed by atoms with Crippen LogP contribution >= 0.6 is 11.3 Å². The Bertz CT molecular complexity index is 1150. The minimum absolute atomic E-state index is 0.0833. The fraction of sp³-hybridized carbons (Fsp3) is 0.400. The Morgan fingerprint density at radius 2 is 2.03 bits per heavy atom. The van der Waals surface area contributed by atoms with E-state index >= 15 is 0 Å². The molecule has 0 saturated carbocycles. The molecule has 1 saturated heterocycles. The number of fused-ring (bicyclic) bond motifs is 1. The molecule has 8 heteroatoms. The van der Waals surface area contributed by atoms with E-state index in [9.17, 15) is 0 Å². The van der Waals surface area contributed by atoms with E-state index in [4.69, 9.17) is 9.72 Å².